The van der Waals surface area contributed by atoms with Gasteiger partial charge in [0.25, 0.3) is 11.2 Å². The van der Waals surface area contributed by atoms with Crippen molar-refractivity contribution >= 4 is 23.1 Å². The van der Waals surface area contributed by atoms with Gasteiger partial charge in [-0.2, -0.15) is 4.98 Å². The minimum absolute atomic E-state index is 0.0484. The lowest BCUT2D eigenvalue weighted by Gasteiger charge is -2.41. The second-order valence-electron chi connectivity index (χ2n) is 8.86. The molecule has 10 nitrogen and oxygen atoms in total. The fourth-order valence-corrected chi connectivity index (χ4v) is 4.88. The van der Waals surface area contributed by atoms with E-state index in [4.69, 9.17) is 4.74 Å². The molecule has 3 aliphatic rings. The highest BCUT2D eigenvalue weighted by Gasteiger charge is 2.61. The van der Waals surface area contributed by atoms with Crippen molar-refractivity contribution in [2.24, 2.45) is 5.41 Å². The van der Waals surface area contributed by atoms with Gasteiger partial charge in [0.2, 0.25) is 11.8 Å². The molecule has 31 heavy (non-hydrogen) atoms. The first kappa shape index (κ1) is 19.2. The predicted octanol–water partition coefficient (Wildman–Crippen LogP) is 2.26. The molecule has 1 atom stereocenters. The summed E-state index contributed by atoms with van der Waals surface area (Å²) in [5, 5.41) is 14.2. The Kier molecular flexibility index (Phi) is 3.63. The van der Waals surface area contributed by atoms with Crippen molar-refractivity contribution in [2.75, 3.05) is 5.32 Å². The van der Waals surface area contributed by atoms with Crippen LogP contribution in [-0.4, -0.2) is 26.6 Å². The number of ether oxygens (including phenoxy) is 1. The molecule has 0 saturated heterocycles. The number of aryl methyl sites for hydroxylation is 1. The van der Waals surface area contributed by atoms with Gasteiger partial charge in [-0.25, -0.2) is 0 Å². The van der Waals surface area contributed by atoms with Crippen molar-refractivity contribution in [3.8, 4) is 5.88 Å². The third kappa shape index (κ3) is 2.44. The van der Waals surface area contributed by atoms with Crippen LogP contribution in [0.1, 0.15) is 43.6 Å². The second kappa shape index (κ2) is 5.87. The fourth-order valence-electron chi connectivity index (χ4n) is 4.88. The predicted molar refractivity (Wildman–Crippen MR) is 108 cm³/mol. The Hall–Kier alpha value is -3.82. The van der Waals surface area contributed by atoms with Crippen LogP contribution in [0.15, 0.2) is 34.3 Å². The molecular weight excluding hydrogens is 404 g/mol. The Labute approximate surface area is 175 Å². The molecule has 5 rings (SSSR count). The molecule has 2 aliphatic heterocycles. The molecule has 1 unspecified atom stereocenters. The number of rotatable bonds is 1. The van der Waals surface area contributed by atoms with Crippen molar-refractivity contribution < 1.29 is 19.2 Å². The van der Waals surface area contributed by atoms with Gasteiger partial charge in [0.05, 0.1) is 10.5 Å². The van der Waals surface area contributed by atoms with Crippen molar-refractivity contribution in [3.05, 3.63) is 67.0 Å². The molecule has 0 radical (unpaired) electrons. The number of hydrogen-bond acceptors (Lipinski definition) is 7. The standard InChI is InChI=1S/C21H18N4O6/c1-9-22-17(27)16-18(23-9)31-14-8-20(2,3)7-13(26)15(14)21(16)11-6-10(25(29)30)4-5-12(11)24-19(21)28/h4-6H,7-8H2,1-3H3,(H,24,28)(H,22,23,27). The van der Waals surface area contributed by atoms with Crippen molar-refractivity contribution in [3.63, 3.8) is 0 Å². The van der Waals surface area contributed by atoms with E-state index in [0.29, 0.717) is 12.1 Å². The number of aromatic nitrogens is 2. The lowest BCUT2D eigenvalue weighted by molar-refractivity contribution is -0.384. The van der Waals surface area contributed by atoms with E-state index >= 15 is 0 Å². The minimum Gasteiger partial charge on any atom is -0.442 e. The average Bonchev–Trinajstić information content (AvgIpc) is 2.91. The maximum atomic E-state index is 13.5. The highest BCUT2D eigenvalue weighted by molar-refractivity contribution is 6.19. The third-order valence-corrected chi connectivity index (χ3v) is 6.02. The number of nitro benzene ring substituents is 1. The normalized spacial score (nSPS) is 23.1. The van der Waals surface area contributed by atoms with Gasteiger partial charge in [0.1, 0.15) is 22.6 Å². The van der Waals surface area contributed by atoms with E-state index in [9.17, 15) is 24.5 Å². The first-order chi connectivity index (χ1) is 14.5. The summed E-state index contributed by atoms with van der Waals surface area (Å²) >= 11 is 0. The Balaban J connectivity index is 1.94. The van der Waals surface area contributed by atoms with E-state index in [-0.39, 0.29) is 52.1 Å². The van der Waals surface area contributed by atoms with Crippen LogP contribution in [0, 0.1) is 22.5 Å². The summed E-state index contributed by atoms with van der Waals surface area (Å²) in [6, 6.07) is 3.90. The van der Waals surface area contributed by atoms with Gasteiger partial charge >= 0.3 is 0 Å². The Morgan fingerprint density at radius 3 is 2.65 bits per heavy atom. The number of Topliss-reactive ketones (excluding diaryl/α,β-unsaturated/α-hetero) is 1. The SMILES string of the molecule is Cc1nc2c(c(=O)[nH]1)C1(C(=O)Nc3ccc([N+](=O)[O-])cc31)C1=C(CC(C)(C)CC1=O)O2. The number of fused-ring (bicyclic) bond motifs is 5. The molecule has 2 N–H and O–H groups in total. The van der Waals surface area contributed by atoms with Crippen LogP contribution in [0.4, 0.5) is 11.4 Å². The number of nitrogens with one attached hydrogen (secondary N) is 2. The molecule has 2 aromatic rings. The molecule has 1 spiro atoms. The van der Waals surface area contributed by atoms with Crippen LogP contribution in [0.5, 0.6) is 5.88 Å². The molecule has 1 aromatic carbocycles. The maximum Gasteiger partial charge on any atom is 0.269 e. The number of anilines is 1. The molecule has 1 aromatic heterocycles. The van der Waals surface area contributed by atoms with Crippen LogP contribution >= 0.6 is 0 Å². The van der Waals surface area contributed by atoms with E-state index in [2.05, 4.69) is 15.3 Å². The molecule has 1 amide bonds. The summed E-state index contributed by atoms with van der Waals surface area (Å²) in [7, 11) is 0. The van der Waals surface area contributed by atoms with Crippen LogP contribution in [-0.2, 0) is 15.0 Å². The second-order valence-corrected chi connectivity index (χ2v) is 8.86. The number of nitrogens with zero attached hydrogens (tertiary/aromatic N) is 2. The largest absolute Gasteiger partial charge is 0.442 e. The number of allylic oxidation sites excluding steroid dienone is 1. The zero-order valence-corrected chi connectivity index (χ0v) is 17.0. The maximum absolute atomic E-state index is 13.5. The number of aromatic amines is 1. The zero-order chi connectivity index (χ0) is 22.3. The van der Waals surface area contributed by atoms with Crippen molar-refractivity contribution in [1.29, 1.82) is 0 Å². The van der Waals surface area contributed by atoms with Crippen LogP contribution in [0.3, 0.4) is 0 Å². The van der Waals surface area contributed by atoms with Gasteiger partial charge in [0, 0.05) is 36.2 Å². The van der Waals surface area contributed by atoms with E-state index < -0.39 is 27.2 Å². The summed E-state index contributed by atoms with van der Waals surface area (Å²) in [5.74, 6) is -0.501. The molecule has 1 aliphatic carbocycles. The molecular formula is C21H18N4O6. The Morgan fingerprint density at radius 2 is 1.94 bits per heavy atom. The molecule has 0 fully saturated rings. The quantitative estimate of drug-likeness (QED) is 0.530. The topological polar surface area (TPSA) is 144 Å². The number of nitro groups is 1. The third-order valence-electron chi connectivity index (χ3n) is 6.02. The lowest BCUT2D eigenvalue weighted by atomic mass is 9.62. The van der Waals surface area contributed by atoms with Gasteiger partial charge in [-0.05, 0) is 18.4 Å². The number of amides is 1. The van der Waals surface area contributed by atoms with Crippen molar-refractivity contribution in [1.82, 2.24) is 9.97 Å². The molecule has 0 saturated carbocycles. The number of carbonyl (C=O) groups excluding carboxylic acids is 2. The monoisotopic (exact) mass is 422 g/mol. The van der Waals surface area contributed by atoms with Gasteiger partial charge in [0.15, 0.2) is 5.78 Å². The summed E-state index contributed by atoms with van der Waals surface area (Å²) < 4.78 is 5.95. The van der Waals surface area contributed by atoms with E-state index in [1.54, 1.807) is 6.92 Å². The number of H-pyrrole nitrogens is 1. The summed E-state index contributed by atoms with van der Waals surface area (Å²) in [6.07, 6.45) is 0.487. The minimum atomic E-state index is -1.87. The highest BCUT2D eigenvalue weighted by Crippen LogP contribution is 2.56. The molecule has 10 heteroatoms. The zero-order valence-electron chi connectivity index (χ0n) is 17.0. The summed E-state index contributed by atoms with van der Waals surface area (Å²) in [5.41, 5.74) is -2.81. The Bertz CT molecular complexity index is 1320. The van der Waals surface area contributed by atoms with Crippen LogP contribution in [0.25, 0.3) is 0 Å². The average molecular weight is 422 g/mol. The number of non-ortho nitro benzene ring substituents is 1. The van der Waals surface area contributed by atoms with Crippen molar-refractivity contribution in [2.45, 2.75) is 39.0 Å². The van der Waals surface area contributed by atoms with E-state index in [1.165, 1.54) is 18.2 Å². The highest BCUT2D eigenvalue weighted by atomic mass is 16.6. The Morgan fingerprint density at radius 1 is 1.19 bits per heavy atom. The van der Waals surface area contributed by atoms with E-state index in [0.717, 1.165) is 0 Å². The molecule has 0 bridgehead atoms. The first-order valence-corrected chi connectivity index (χ1v) is 9.71. The van der Waals surface area contributed by atoms with E-state index in [1.807, 2.05) is 13.8 Å². The summed E-state index contributed by atoms with van der Waals surface area (Å²) in [6.45, 7) is 5.39. The van der Waals surface area contributed by atoms with Crippen LogP contribution in [0.2, 0.25) is 0 Å². The van der Waals surface area contributed by atoms with Crippen LogP contribution < -0.4 is 15.6 Å². The lowest BCUT2D eigenvalue weighted by Crippen LogP contribution is -2.50. The fraction of sp³-hybridized carbons (Fsp3) is 0.333. The molecule has 158 valence electrons. The number of ketones is 1. The van der Waals surface area contributed by atoms with Gasteiger partial charge < -0.3 is 15.0 Å². The number of benzene rings is 1. The van der Waals surface area contributed by atoms with Gasteiger partial charge in [-0.3, -0.25) is 24.5 Å². The number of hydrogen-bond donors (Lipinski definition) is 2. The van der Waals surface area contributed by atoms with Gasteiger partial charge in [-0.15, -0.1) is 0 Å². The molecule has 3 heterocycles. The smallest absolute Gasteiger partial charge is 0.269 e. The summed E-state index contributed by atoms with van der Waals surface area (Å²) in [4.78, 5) is 57.8. The first-order valence-electron chi connectivity index (χ1n) is 9.71. The number of carbonyl (C=O) groups is 2. The van der Waals surface area contributed by atoms with Gasteiger partial charge in [-0.1, -0.05) is 13.8 Å².